The van der Waals surface area contributed by atoms with E-state index in [2.05, 4.69) is 10.1 Å². The van der Waals surface area contributed by atoms with Gasteiger partial charge in [-0.25, -0.2) is 9.10 Å². The molecule has 1 amide bonds. The molecule has 0 fully saturated rings. The van der Waals surface area contributed by atoms with Gasteiger partial charge in [-0.2, -0.15) is 8.42 Å². The van der Waals surface area contributed by atoms with E-state index in [1.165, 1.54) is 47.0 Å². The first-order valence-corrected chi connectivity index (χ1v) is 9.58. The van der Waals surface area contributed by atoms with Crippen LogP contribution in [0.25, 0.3) is 0 Å². The fraction of sp³-hybridized carbons (Fsp3) is 0.222. The number of hydrogen-bond donors (Lipinski definition) is 1. The Morgan fingerprint density at radius 1 is 1.00 bits per heavy atom. The van der Waals surface area contributed by atoms with Crippen LogP contribution in [-0.4, -0.2) is 47.5 Å². The zero-order valence-corrected chi connectivity index (χ0v) is 15.7. The molecule has 0 bridgehead atoms. The number of esters is 1. The van der Waals surface area contributed by atoms with Gasteiger partial charge in [0.05, 0.1) is 30.6 Å². The van der Waals surface area contributed by atoms with Gasteiger partial charge in [0.15, 0.2) is 0 Å². The number of carbonyl (C=O) groups is 2. The summed E-state index contributed by atoms with van der Waals surface area (Å²) >= 11 is 0. The van der Waals surface area contributed by atoms with Gasteiger partial charge in [0.25, 0.3) is 5.91 Å². The Bertz CT molecular complexity index is 973. The Kier molecular flexibility index (Phi) is 5.04. The largest absolute Gasteiger partial charge is 0.465 e. The molecule has 0 atom stereocenters. The van der Waals surface area contributed by atoms with E-state index >= 15 is 0 Å². The van der Waals surface area contributed by atoms with Crippen molar-refractivity contribution in [1.29, 1.82) is 0 Å². The molecule has 0 saturated heterocycles. The molecule has 2 aromatic carbocycles. The lowest BCUT2D eigenvalue weighted by Gasteiger charge is -2.19. The number of anilines is 2. The van der Waals surface area contributed by atoms with Crippen LogP contribution in [0.15, 0.2) is 48.5 Å². The molecule has 0 aliphatic carbocycles. The standard InChI is InChI=1S/C18H19N3O5S/c1-20-15-5-3-4-6-16(15)21(27(20,24)25)12-11-19-17(22)13-7-9-14(10-8-13)18(23)26-2/h3-10H,11-12H2,1-2H3,(H,19,22). The van der Waals surface area contributed by atoms with Crippen molar-refractivity contribution in [2.24, 2.45) is 0 Å². The molecule has 0 saturated carbocycles. The third-order valence-electron chi connectivity index (χ3n) is 4.28. The minimum absolute atomic E-state index is 0.107. The van der Waals surface area contributed by atoms with Gasteiger partial charge in [-0.15, -0.1) is 0 Å². The number of nitrogens with one attached hydrogen (secondary N) is 1. The molecule has 3 rings (SSSR count). The predicted octanol–water partition coefficient (Wildman–Crippen LogP) is 1.40. The maximum absolute atomic E-state index is 12.5. The fourth-order valence-corrected chi connectivity index (χ4v) is 4.25. The van der Waals surface area contributed by atoms with Crippen LogP contribution in [0.4, 0.5) is 11.4 Å². The summed E-state index contributed by atoms with van der Waals surface area (Å²) in [6.45, 7) is 0.245. The molecule has 1 aliphatic rings. The minimum Gasteiger partial charge on any atom is -0.465 e. The third kappa shape index (κ3) is 3.45. The Hall–Kier alpha value is -3.07. The summed E-state index contributed by atoms with van der Waals surface area (Å²) in [5, 5.41) is 2.69. The number of benzene rings is 2. The zero-order chi connectivity index (χ0) is 19.6. The van der Waals surface area contributed by atoms with Gasteiger partial charge in [0.2, 0.25) is 0 Å². The summed E-state index contributed by atoms with van der Waals surface area (Å²) in [5.74, 6) is -0.839. The molecular formula is C18H19N3O5S. The van der Waals surface area contributed by atoms with Crippen molar-refractivity contribution in [1.82, 2.24) is 5.32 Å². The zero-order valence-electron chi connectivity index (χ0n) is 14.9. The van der Waals surface area contributed by atoms with E-state index in [-0.39, 0.29) is 19.0 Å². The Balaban J connectivity index is 1.64. The van der Waals surface area contributed by atoms with E-state index in [0.717, 1.165) is 0 Å². The lowest BCUT2D eigenvalue weighted by atomic mass is 10.1. The van der Waals surface area contributed by atoms with Crippen molar-refractivity contribution < 1.29 is 22.7 Å². The molecule has 142 valence electrons. The monoisotopic (exact) mass is 389 g/mol. The van der Waals surface area contributed by atoms with Gasteiger partial charge >= 0.3 is 16.2 Å². The number of methoxy groups -OCH3 is 1. The molecule has 0 aromatic heterocycles. The molecule has 2 aromatic rings. The van der Waals surface area contributed by atoms with Gasteiger partial charge < -0.3 is 10.1 Å². The Labute approximate surface area is 157 Å². The number of nitrogens with zero attached hydrogens (tertiary/aromatic N) is 2. The summed E-state index contributed by atoms with van der Waals surface area (Å²) in [7, 11) is -0.863. The van der Waals surface area contributed by atoms with E-state index in [1.807, 2.05) is 0 Å². The lowest BCUT2D eigenvalue weighted by Crippen LogP contribution is -2.40. The Morgan fingerprint density at radius 3 is 2.22 bits per heavy atom. The van der Waals surface area contributed by atoms with E-state index in [9.17, 15) is 18.0 Å². The smallest absolute Gasteiger partial charge is 0.337 e. The van der Waals surface area contributed by atoms with Crippen LogP contribution in [0.2, 0.25) is 0 Å². The average molecular weight is 389 g/mol. The second-order valence-electron chi connectivity index (χ2n) is 5.86. The maximum Gasteiger partial charge on any atom is 0.337 e. The van der Waals surface area contributed by atoms with Crippen molar-refractivity contribution in [3.8, 4) is 0 Å². The van der Waals surface area contributed by atoms with Crippen molar-refractivity contribution in [3.05, 3.63) is 59.7 Å². The highest BCUT2D eigenvalue weighted by atomic mass is 32.2. The molecule has 8 nitrogen and oxygen atoms in total. The normalized spacial score (nSPS) is 14.6. The molecule has 0 spiro atoms. The van der Waals surface area contributed by atoms with Gasteiger partial charge in [-0.1, -0.05) is 12.1 Å². The van der Waals surface area contributed by atoms with Crippen LogP contribution < -0.4 is 13.9 Å². The molecule has 1 N–H and O–H groups in total. The summed E-state index contributed by atoms with van der Waals surface area (Å²) in [4.78, 5) is 23.6. The first-order chi connectivity index (χ1) is 12.9. The highest BCUT2D eigenvalue weighted by molar-refractivity contribution is 7.94. The summed E-state index contributed by atoms with van der Waals surface area (Å²) < 4.78 is 32.1. The molecule has 0 radical (unpaired) electrons. The molecule has 1 aliphatic heterocycles. The van der Waals surface area contributed by atoms with Gasteiger partial charge in [-0.05, 0) is 36.4 Å². The number of rotatable bonds is 5. The minimum atomic E-state index is -3.64. The first kappa shape index (κ1) is 18.7. The van der Waals surface area contributed by atoms with E-state index in [4.69, 9.17) is 0 Å². The maximum atomic E-state index is 12.5. The third-order valence-corrected chi connectivity index (χ3v) is 6.11. The lowest BCUT2D eigenvalue weighted by molar-refractivity contribution is 0.0600. The molecule has 1 heterocycles. The van der Waals surface area contributed by atoms with Crippen LogP contribution in [0, 0.1) is 0 Å². The van der Waals surface area contributed by atoms with Crippen molar-refractivity contribution in [2.45, 2.75) is 0 Å². The highest BCUT2D eigenvalue weighted by Gasteiger charge is 2.37. The molecule has 27 heavy (non-hydrogen) atoms. The van der Waals surface area contributed by atoms with E-state index < -0.39 is 16.2 Å². The fourth-order valence-electron chi connectivity index (χ4n) is 2.82. The van der Waals surface area contributed by atoms with E-state index in [0.29, 0.717) is 22.5 Å². The molecule has 9 heteroatoms. The van der Waals surface area contributed by atoms with E-state index in [1.54, 1.807) is 24.3 Å². The van der Waals surface area contributed by atoms with Crippen LogP contribution in [0.3, 0.4) is 0 Å². The van der Waals surface area contributed by atoms with Crippen LogP contribution in [0.5, 0.6) is 0 Å². The van der Waals surface area contributed by atoms with Crippen molar-refractivity contribution in [2.75, 3.05) is 35.9 Å². The average Bonchev–Trinajstić information content (AvgIpc) is 2.88. The number of ether oxygens (including phenoxy) is 1. The number of fused-ring (bicyclic) bond motifs is 1. The second kappa shape index (κ2) is 7.28. The number of hydrogen-bond acceptors (Lipinski definition) is 5. The molecule has 0 unspecified atom stereocenters. The summed E-state index contributed by atoms with van der Waals surface area (Å²) in [6, 6.07) is 13.0. The SMILES string of the molecule is COC(=O)c1ccc(C(=O)NCCN2c3ccccc3N(C)S2(=O)=O)cc1. The van der Waals surface area contributed by atoms with Gasteiger partial charge in [0, 0.05) is 19.2 Å². The number of carbonyl (C=O) groups excluding carboxylic acids is 2. The second-order valence-corrected chi connectivity index (χ2v) is 7.75. The predicted molar refractivity (Wildman–Crippen MR) is 101 cm³/mol. The summed E-state index contributed by atoms with van der Waals surface area (Å²) in [5.41, 5.74) is 1.89. The number of para-hydroxylation sites is 2. The first-order valence-electron chi connectivity index (χ1n) is 8.18. The Morgan fingerprint density at radius 2 is 1.59 bits per heavy atom. The molecular weight excluding hydrogens is 370 g/mol. The number of amides is 1. The van der Waals surface area contributed by atoms with Crippen molar-refractivity contribution in [3.63, 3.8) is 0 Å². The van der Waals surface area contributed by atoms with Crippen LogP contribution >= 0.6 is 0 Å². The topological polar surface area (TPSA) is 96.0 Å². The highest BCUT2D eigenvalue weighted by Crippen LogP contribution is 2.38. The summed E-state index contributed by atoms with van der Waals surface area (Å²) in [6.07, 6.45) is 0. The van der Waals surface area contributed by atoms with Crippen molar-refractivity contribution >= 4 is 33.5 Å². The van der Waals surface area contributed by atoms with Gasteiger partial charge in [-0.3, -0.25) is 9.10 Å². The van der Waals surface area contributed by atoms with Gasteiger partial charge in [0.1, 0.15) is 0 Å². The van der Waals surface area contributed by atoms with Crippen LogP contribution in [0.1, 0.15) is 20.7 Å². The quantitative estimate of drug-likeness (QED) is 0.780. The van der Waals surface area contributed by atoms with Crippen LogP contribution in [-0.2, 0) is 14.9 Å².